The number of hydrogen-bond acceptors (Lipinski definition) is 8. The van der Waals surface area contributed by atoms with E-state index in [1.807, 2.05) is 6.92 Å². The van der Waals surface area contributed by atoms with Crippen molar-refractivity contribution < 1.29 is 18.1 Å². The van der Waals surface area contributed by atoms with E-state index in [9.17, 15) is 23.3 Å². The summed E-state index contributed by atoms with van der Waals surface area (Å²) in [6, 6.07) is 12.2. The SMILES string of the molecule is Cc1ccc(S(=O)(=O)NCCc2nnc(NC(=O)Cc3ccc([N+](=O)[O-])cc3)s2)cc1. The van der Waals surface area contributed by atoms with Crippen molar-refractivity contribution in [1.29, 1.82) is 0 Å². The molecule has 0 aliphatic carbocycles. The van der Waals surface area contributed by atoms with E-state index in [0.717, 1.165) is 16.9 Å². The largest absolute Gasteiger partial charge is 0.300 e. The highest BCUT2D eigenvalue weighted by molar-refractivity contribution is 7.89. The number of aromatic nitrogens is 2. The van der Waals surface area contributed by atoms with E-state index in [-0.39, 0.29) is 29.5 Å². The van der Waals surface area contributed by atoms with Crippen molar-refractivity contribution in [2.75, 3.05) is 11.9 Å². The van der Waals surface area contributed by atoms with E-state index in [2.05, 4.69) is 20.2 Å². The topological polar surface area (TPSA) is 144 Å². The van der Waals surface area contributed by atoms with E-state index < -0.39 is 14.9 Å². The average molecular weight is 462 g/mol. The molecule has 0 aliphatic rings. The van der Waals surface area contributed by atoms with Crippen molar-refractivity contribution in [1.82, 2.24) is 14.9 Å². The standard InChI is InChI=1S/C19H19N5O5S2/c1-13-2-8-16(9-3-13)31(28,29)20-11-10-18-22-23-19(30-18)21-17(25)12-14-4-6-15(7-5-14)24(26)27/h2-9,20H,10-12H2,1H3,(H,21,23,25). The molecule has 3 aromatic rings. The molecule has 10 nitrogen and oxygen atoms in total. The third kappa shape index (κ3) is 6.38. The summed E-state index contributed by atoms with van der Waals surface area (Å²) >= 11 is 1.15. The number of aryl methyl sites for hydroxylation is 1. The quantitative estimate of drug-likeness (QED) is 0.368. The maximum absolute atomic E-state index is 12.3. The molecule has 2 N–H and O–H groups in total. The van der Waals surface area contributed by atoms with Crippen LogP contribution < -0.4 is 10.0 Å². The third-order valence-electron chi connectivity index (χ3n) is 4.19. The van der Waals surface area contributed by atoms with Crippen LogP contribution in [0.4, 0.5) is 10.8 Å². The Balaban J connectivity index is 1.49. The summed E-state index contributed by atoms with van der Waals surface area (Å²) in [5.74, 6) is -0.336. The van der Waals surface area contributed by atoms with Gasteiger partial charge >= 0.3 is 0 Å². The summed E-state index contributed by atoms with van der Waals surface area (Å²) in [5.41, 5.74) is 1.55. The van der Waals surface area contributed by atoms with Crippen LogP contribution >= 0.6 is 11.3 Å². The van der Waals surface area contributed by atoms with Crippen molar-refractivity contribution in [2.24, 2.45) is 0 Å². The number of rotatable bonds is 9. The number of carbonyl (C=O) groups is 1. The van der Waals surface area contributed by atoms with Gasteiger partial charge in [0.2, 0.25) is 21.1 Å². The van der Waals surface area contributed by atoms with Crippen molar-refractivity contribution in [2.45, 2.75) is 24.7 Å². The molecule has 1 heterocycles. The van der Waals surface area contributed by atoms with Gasteiger partial charge in [0.25, 0.3) is 5.69 Å². The number of anilines is 1. The molecular formula is C19H19N5O5S2. The third-order valence-corrected chi connectivity index (χ3v) is 6.56. The second kappa shape index (κ2) is 9.73. The first-order chi connectivity index (χ1) is 14.7. The van der Waals surface area contributed by atoms with Crippen LogP contribution in [-0.2, 0) is 27.7 Å². The number of nitro benzene ring substituents is 1. The molecule has 0 atom stereocenters. The lowest BCUT2D eigenvalue weighted by atomic mass is 10.1. The lowest BCUT2D eigenvalue weighted by Crippen LogP contribution is -2.25. The summed E-state index contributed by atoms with van der Waals surface area (Å²) in [5, 5.41) is 22.0. The predicted octanol–water partition coefficient (Wildman–Crippen LogP) is 2.46. The molecule has 0 saturated heterocycles. The lowest BCUT2D eigenvalue weighted by Gasteiger charge is -2.05. The van der Waals surface area contributed by atoms with Crippen molar-refractivity contribution in [3.05, 3.63) is 74.8 Å². The number of nitrogens with zero attached hydrogens (tertiary/aromatic N) is 3. The summed E-state index contributed by atoms with van der Waals surface area (Å²) in [4.78, 5) is 22.5. The van der Waals surface area contributed by atoms with Crippen LogP contribution in [0.1, 0.15) is 16.1 Å². The summed E-state index contributed by atoms with van der Waals surface area (Å²) < 4.78 is 27.1. The van der Waals surface area contributed by atoms with Gasteiger partial charge in [-0.05, 0) is 24.6 Å². The molecule has 0 spiro atoms. The maximum atomic E-state index is 12.3. The summed E-state index contributed by atoms with van der Waals surface area (Å²) in [7, 11) is -3.61. The Morgan fingerprint density at radius 1 is 1.10 bits per heavy atom. The van der Waals surface area contributed by atoms with Gasteiger partial charge in [-0.3, -0.25) is 14.9 Å². The smallest absolute Gasteiger partial charge is 0.269 e. The van der Waals surface area contributed by atoms with Gasteiger partial charge in [-0.1, -0.05) is 41.2 Å². The van der Waals surface area contributed by atoms with E-state index in [1.165, 1.54) is 24.3 Å². The molecule has 0 saturated carbocycles. The Morgan fingerprint density at radius 2 is 1.77 bits per heavy atom. The number of non-ortho nitro benzene ring substituents is 1. The summed E-state index contributed by atoms with van der Waals surface area (Å²) in [6.07, 6.45) is 0.351. The van der Waals surface area contributed by atoms with E-state index in [0.29, 0.717) is 22.1 Å². The molecular weight excluding hydrogens is 442 g/mol. The Bertz CT molecular complexity index is 1180. The second-order valence-electron chi connectivity index (χ2n) is 6.61. The highest BCUT2D eigenvalue weighted by Gasteiger charge is 2.14. The fourth-order valence-electron chi connectivity index (χ4n) is 2.58. The fraction of sp³-hybridized carbons (Fsp3) is 0.211. The number of nitrogens with one attached hydrogen (secondary N) is 2. The molecule has 3 rings (SSSR count). The van der Waals surface area contributed by atoms with Crippen LogP contribution in [0.3, 0.4) is 0 Å². The van der Waals surface area contributed by atoms with E-state index in [4.69, 9.17) is 0 Å². The monoisotopic (exact) mass is 461 g/mol. The van der Waals surface area contributed by atoms with Crippen molar-refractivity contribution >= 4 is 38.1 Å². The Hall–Kier alpha value is -3.22. The molecule has 0 unspecified atom stereocenters. The Kier molecular flexibility index (Phi) is 7.05. The number of hydrogen-bond donors (Lipinski definition) is 2. The molecule has 0 radical (unpaired) electrons. The van der Waals surface area contributed by atoms with Gasteiger partial charge in [0.05, 0.1) is 16.2 Å². The first-order valence-electron chi connectivity index (χ1n) is 9.15. The van der Waals surface area contributed by atoms with Gasteiger partial charge in [0.15, 0.2) is 0 Å². The number of nitro groups is 1. The van der Waals surface area contributed by atoms with E-state index >= 15 is 0 Å². The molecule has 0 aliphatic heterocycles. The van der Waals surface area contributed by atoms with Gasteiger partial charge in [-0.15, -0.1) is 10.2 Å². The normalized spacial score (nSPS) is 11.3. The van der Waals surface area contributed by atoms with Crippen LogP contribution in [-0.4, -0.2) is 36.0 Å². The predicted molar refractivity (Wildman–Crippen MR) is 115 cm³/mol. The van der Waals surface area contributed by atoms with Gasteiger partial charge in [-0.2, -0.15) is 0 Å². The highest BCUT2D eigenvalue weighted by Crippen LogP contribution is 2.17. The van der Waals surface area contributed by atoms with Gasteiger partial charge in [0, 0.05) is 25.1 Å². The number of carbonyl (C=O) groups excluding carboxylic acids is 1. The van der Waals surface area contributed by atoms with Gasteiger partial charge < -0.3 is 5.32 Å². The van der Waals surface area contributed by atoms with Gasteiger partial charge in [-0.25, -0.2) is 13.1 Å². The van der Waals surface area contributed by atoms with Crippen LogP contribution in [0.15, 0.2) is 53.4 Å². The minimum atomic E-state index is -3.61. The van der Waals surface area contributed by atoms with Crippen LogP contribution in [0.25, 0.3) is 0 Å². The van der Waals surface area contributed by atoms with Crippen LogP contribution in [0.2, 0.25) is 0 Å². The minimum Gasteiger partial charge on any atom is -0.300 e. The molecule has 12 heteroatoms. The zero-order valence-corrected chi connectivity index (χ0v) is 18.1. The van der Waals surface area contributed by atoms with Crippen LogP contribution in [0, 0.1) is 17.0 Å². The first-order valence-corrected chi connectivity index (χ1v) is 11.4. The Morgan fingerprint density at radius 3 is 2.42 bits per heavy atom. The molecule has 162 valence electrons. The molecule has 0 bridgehead atoms. The zero-order chi connectivity index (χ0) is 22.4. The number of sulfonamides is 1. The molecule has 1 amide bonds. The van der Waals surface area contributed by atoms with Crippen molar-refractivity contribution in [3.63, 3.8) is 0 Å². The van der Waals surface area contributed by atoms with E-state index in [1.54, 1.807) is 24.3 Å². The lowest BCUT2D eigenvalue weighted by molar-refractivity contribution is -0.384. The average Bonchev–Trinajstić information content (AvgIpc) is 3.15. The molecule has 31 heavy (non-hydrogen) atoms. The van der Waals surface area contributed by atoms with Gasteiger partial charge in [0.1, 0.15) is 5.01 Å². The number of benzene rings is 2. The first kappa shape index (κ1) is 22.5. The maximum Gasteiger partial charge on any atom is 0.269 e. The summed E-state index contributed by atoms with van der Waals surface area (Å²) in [6.45, 7) is 2.02. The Labute approximate surface area is 182 Å². The molecule has 0 fully saturated rings. The fourth-order valence-corrected chi connectivity index (χ4v) is 4.37. The highest BCUT2D eigenvalue weighted by atomic mass is 32.2. The minimum absolute atomic E-state index is 0.0310. The number of amides is 1. The zero-order valence-electron chi connectivity index (χ0n) is 16.4. The molecule has 1 aromatic heterocycles. The van der Waals surface area contributed by atoms with Crippen molar-refractivity contribution in [3.8, 4) is 0 Å². The second-order valence-corrected chi connectivity index (χ2v) is 9.44. The molecule has 2 aromatic carbocycles. The van der Waals surface area contributed by atoms with Crippen LogP contribution in [0.5, 0.6) is 0 Å².